The Morgan fingerprint density at radius 1 is 1.00 bits per heavy atom. The molecule has 3 saturated heterocycles. The van der Waals surface area contributed by atoms with Crippen LogP contribution < -0.4 is 0 Å². The lowest BCUT2D eigenvalue weighted by molar-refractivity contribution is -0.346. The molecular weight excluding hydrogens is 400 g/mol. The lowest BCUT2D eigenvalue weighted by atomic mass is 9.99. The summed E-state index contributed by atoms with van der Waals surface area (Å²) < 4.78 is 26.2. The van der Waals surface area contributed by atoms with E-state index in [4.69, 9.17) is 39.0 Å². The van der Waals surface area contributed by atoms with Gasteiger partial charge in [0.2, 0.25) is 0 Å². The molecule has 0 radical (unpaired) electrons. The van der Waals surface area contributed by atoms with E-state index >= 15 is 0 Å². The lowest BCUT2D eigenvalue weighted by Crippen LogP contribution is -2.61. The van der Waals surface area contributed by atoms with Gasteiger partial charge in [-0.15, -0.1) is 0 Å². The molecule has 10 heteroatoms. The second-order valence-corrected chi connectivity index (χ2v) is 8.01. The predicted octanol–water partition coefficient (Wildman–Crippen LogP) is -1.29. The molecule has 0 saturated carbocycles. The van der Waals surface area contributed by atoms with E-state index in [0.717, 1.165) is 19.4 Å². The summed E-state index contributed by atoms with van der Waals surface area (Å²) in [6.45, 7) is 5.48. The van der Waals surface area contributed by atoms with Crippen molar-refractivity contribution in [1.82, 2.24) is 0 Å². The molecule has 0 bridgehead atoms. The van der Waals surface area contributed by atoms with Crippen molar-refractivity contribution in [3.8, 4) is 0 Å². The van der Waals surface area contributed by atoms with Crippen LogP contribution in [-0.4, -0.2) is 114 Å². The maximum absolute atomic E-state index is 9.69. The second-order valence-electron chi connectivity index (χ2n) is 8.01. The van der Waals surface area contributed by atoms with E-state index in [0.29, 0.717) is 13.2 Å². The smallest absolute Gasteiger partial charge is 0.163 e. The summed E-state index contributed by atoms with van der Waals surface area (Å²) in [5, 5.41) is 45.1. The number of fused-ring (bicyclic) bond motifs is 1. The van der Waals surface area contributed by atoms with Gasteiger partial charge in [-0.2, -0.15) is 0 Å². The first-order valence-electron chi connectivity index (χ1n) is 10.4. The molecule has 0 aliphatic carbocycles. The third kappa shape index (κ3) is 7.79. The summed E-state index contributed by atoms with van der Waals surface area (Å²) in [5.41, 5.74) is 0. The normalized spacial score (nSPS) is 39.8. The number of hydrogen-bond donors (Lipinski definition) is 5. The molecule has 4 aliphatic heterocycles. The molecule has 0 aromatic carbocycles. The zero-order chi connectivity index (χ0) is 22.1. The van der Waals surface area contributed by atoms with Gasteiger partial charge in [-0.3, -0.25) is 0 Å². The van der Waals surface area contributed by atoms with Gasteiger partial charge in [0.1, 0.15) is 36.6 Å². The van der Waals surface area contributed by atoms with E-state index in [2.05, 4.69) is 0 Å². The highest BCUT2D eigenvalue weighted by molar-refractivity contribution is 4.96. The van der Waals surface area contributed by atoms with Gasteiger partial charge in [-0.25, -0.2) is 0 Å². The van der Waals surface area contributed by atoms with Crippen LogP contribution in [-0.2, 0) is 23.7 Å². The van der Waals surface area contributed by atoms with E-state index < -0.39 is 36.3 Å². The first-order chi connectivity index (χ1) is 14.3. The zero-order valence-electron chi connectivity index (χ0n) is 17.6. The van der Waals surface area contributed by atoms with E-state index in [1.807, 2.05) is 0 Å². The van der Waals surface area contributed by atoms with Crippen LogP contribution in [0.5, 0.6) is 0 Å². The van der Waals surface area contributed by atoms with Crippen LogP contribution in [0.25, 0.3) is 0 Å². The van der Waals surface area contributed by atoms with Crippen molar-refractivity contribution < 1.29 is 49.2 Å². The maximum atomic E-state index is 9.69. The average molecular weight is 436 g/mol. The second kappa shape index (κ2) is 12.4. The van der Waals surface area contributed by atoms with Gasteiger partial charge >= 0.3 is 0 Å². The third-order valence-electron chi connectivity index (χ3n) is 5.12. The van der Waals surface area contributed by atoms with Crippen LogP contribution in [0.3, 0.4) is 0 Å². The Morgan fingerprint density at radius 2 is 1.77 bits per heavy atom. The van der Waals surface area contributed by atoms with Crippen LogP contribution in [0.1, 0.15) is 26.7 Å². The van der Waals surface area contributed by atoms with Gasteiger partial charge in [0, 0.05) is 6.61 Å². The Morgan fingerprint density at radius 3 is 2.30 bits per heavy atom. The number of aliphatic hydroxyl groups excluding tert-OH is 5. The van der Waals surface area contributed by atoms with Crippen LogP contribution in [0.4, 0.5) is 0 Å². The largest absolute Gasteiger partial charge is 0.394 e. The Kier molecular flexibility index (Phi) is 10.6. The molecule has 4 aliphatic rings. The SMILES string of the molecule is CC1(C)OC[C@@H]2OC[C@@H](O)[C@@H](O)[C@@H]2O1.OCC1CCCO1.OC[C@@H]1OCC=C[C@@H]1O. The van der Waals surface area contributed by atoms with Crippen LogP contribution in [0.15, 0.2) is 12.2 Å². The molecule has 10 nitrogen and oxygen atoms in total. The van der Waals surface area contributed by atoms with Gasteiger partial charge in [0.05, 0.1) is 39.1 Å². The topological polar surface area (TPSA) is 147 Å². The Balaban J connectivity index is 0.000000173. The van der Waals surface area contributed by atoms with Gasteiger partial charge < -0.3 is 49.2 Å². The van der Waals surface area contributed by atoms with Crippen molar-refractivity contribution >= 4 is 0 Å². The fraction of sp³-hybridized carbons (Fsp3) is 0.900. The summed E-state index contributed by atoms with van der Waals surface area (Å²) in [6.07, 6.45) is 2.08. The Labute approximate surface area is 177 Å². The molecule has 176 valence electrons. The summed E-state index contributed by atoms with van der Waals surface area (Å²) >= 11 is 0. The molecular formula is C20H36O10. The quantitative estimate of drug-likeness (QED) is 0.331. The Bertz CT molecular complexity index is 506. The van der Waals surface area contributed by atoms with Gasteiger partial charge in [-0.1, -0.05) is 12.2 Å². The monoisotopic (exact) mass is 436 g/mol. The van der Waals surface area contributed by atoms with Gasteiger partial charge in [-0.05, 0) is 26.7 Å². The molecule has 3 fully saturated rings. The first kappa shape index (κ1) is 25.6. The zero-order valence-corrected chi connectivity index (χ0v) is 17.6. The predicted molar refractivity (Wildman–Crippen MR) is 105 cm³/mol. The van der Waals surface area contributed by atoms with E-state index in [9.17, 15) is 10.2 Å². The molecule has 1 unspecified atom stereocenters. The number of ether oxygens (including phenoxy) is 5. The highest BCUT2D eigenvalue weighted by Gasteiger charge is 2.46. The summed E-state index contributed by atoms with van der Waals surface area (Å²) in [6, 6.07) is 0. The minimum atomic E-state index is -0.892. The van der Waals surface area contributed by atoms with Crippen LogP contribution in [0, 0.1) is 0 Å². The maximum Gasteiger partial charge on any atom is 0.163 e. The molecule has 0 aromatic heterocycles. The van der Waals surface area contributed by atoms with E-state index in [1.165, 1.54) is 0 Å². The summed E-state index contributed by atoms with van der Waals surface area (Å²) in [4.78, 5) is 0. The molecule has 4 rings (SSSR count). The molecule has 0 amide bonds. The summed E-state index contributed by atoms with van der Waals surface area (Å²) in [5.74, 6) is -0.720. The highest BCUT2D eigenvalue weighted by atomic mass is 16.7. The van der Waals surface area contributed by atoms with Crippen molar-refractivity contribution in [2.75, 3.05) is 39.6 Å². The van der Waals surface area contributed by atoms with E-state index in [1.54, 1.807) is 26.0 Å². The molecule has 0 aromatic rings. The van der Waals surface area contributed by atoms with Crippen molar-refractivity contribution in [1.29, 1.82) is 0 Å². The Hall–Kier alpha value is -0.660. The van der Waals surface area contributed by atoms with Crippen molar-refractivity contribution in [3.63, 3.8) is 0 Å². The minimum Gasteiger partial charge on any atom is -0.394 e. The number of hydrogen-bond acceptors (Lipinski definition) is 10. The molecule has 5 N–H and O–H groups in total. The minimum absolute atomic E-state index is 0.120. The fourth-order valence-electron chi connectivity index (χ4n) is 3.33. The highest BCUT2D eigenvalue weighted by Crippen LogP contribution is 2.29. The molecule has 7 atom stereocenters. The average Bonchev–Trinajstić information content (AvgIpc) is 3.26. The van der Waals surface area contributed by atoms with Crippen molar-refractivity contribution in [2.45, 2.75) is 75.2 Å². The van der Waals surface area contributed by atoms with Crippen molar-refractivity contribution in [3.05, 3.63) is 12.2 Å². The number of rotatable bonds is 2. The lowest BCUT2D eigenvalue weighted by Gasteiger charge is -2.46. The number of aliphatic hydroxyl groups is 5. The standard InChI is InChI=1S/C9H16O5.C6H10O3.C5H10O2/c1-9(2)13-4-6-8(14-9)7(11)5(10)3-12-6;7-4-6-5(8)2-1-3-9-6;6-4-5-2-1-3-7-5/h5-8,10-11H,3-4H2,1-2H3;1-2,5-8H,3-4H2;5-6H,1-4H2/t5-,6+,7-,8-;5-,6-;/m10./s1. The van der Waals surface area contributed by atoms with Crippen LogP contribution >= 0.6 is 0 Å². The summed E-state index contributed by atoms with van der Waals surface area (Å²) in [7, 11) is 0. The van der Waals surface area contributed by atoms with Crippen molar-refractivity contribution in [2.24, 2.45) is 0 Å². The van der Waals surface area contributed by atoms with E-state index in [-0.39, 0.29) is 32.0 Å². The molecule has 4 heterocycles. The van der Waals surface area contributed by atoms with Gasteiger partial charge in [0.15, 0.2) is 5.79 Å². The first-order valence-corrected chi connectivity index (χ1v) is 10.4. The molecule has 0 spiro atoms. The molecule has 30 heavy (non-hydrogen) atoms. The van der Waals surface area contributed by atoms with Gasteiger partial charge in [0.25, 0.3) is 0 Å². The third-order valence-corrected chi connectivity index (χ3v) is 5.12. The fourth-order valence-corrected chi connectivity index (χ4v) is 3.33. The van der Waals surface area contributed by atoms with Crippen LogP contribution in [0.2, 0.25) is 0 Å².